The van der Waals surface area contributed by atoms with Gasteiger partial charge in [-0.3, -0.25) is 9.59 Å². The van der Waals surface area contributed by atoms with Crippen LogP contribution in [0.5, 0.6) is 0 Å². The van der Waals surface area contributed by atoms with E-state index in [2.05, 4.69) is 20.8 Å². The second kappa shape index (κ2) is 16.4. The highest BCUT2D eigenvalue weighted by atomic mass is 16.8. The van der Waals surface area contributed by atoms with Crippen molar-refractivity contribution in [3.8, 4) is 0 Å². The van der Waals surface area contributed by atoms with Crippen LogP contribution in [-0.2, 0) is 33.3 Å². The highest BCUT2D eigenvalue weighted by Gasteiger charge is 2.64. The van der Waals surface area contributed by atoms with Gasteiger partial charge in [0.1, 0.15) is 11.9 Å². The lowest BCUT2D eigenvalue weighted by atomic mass is 9.72. The molecule has 0 bridgehead atoms. The largest absolute Gasteiger partial charge is 0.481 e. The van der Waals surface area contributed by atoms with E-state index in [1.165, 1.54) is 0 Å². The van der Waals surface area contributed by atoms with E-state index in [9.17, 15) is 30.0 Å². The Bertz CT molecular complexity index is 1280. The predicted molar refractivity (Wildman–Crippen MR) is 199 cm³/mol. The zero-order valence-corrected chi connectivity index (χ0v) is 34.2. The van der Waals surface area contributed by atoms with Crippen LogP contribution < -0.4 is 0 Å². The summed E-state index contributed by atoms with van der Waals surface area (Å²) in [4.78, 5) is 26.4. The highest BCUT2D eigenvalue weighted by Crippen LogP contribution is 2.56. The highest BCUT2D eigenvalue weighted by molar-refractivity contribution is 5.84. The van der Waals surface area contributed by atoms with Crippen molar-refractivity contribution < 1.29 is 53.7 Å². The molecule has 0 aromatic carbocycles. The summed E-state index contributed by atoms with van der Waals surface area (Å²) in [7, 11) is 0. The molecule has 11 heteroatoms. The van der Waals surface area contributed by atoms with Crippen molar-refractivity contribution in [2.24, 2.45) is 41.4 Å². The molecule has 0 amide bonds. The number of carboxylic acids is 1. The minimum absolute atomic E-state index is 0.0228. The van der Waals surface area contributed by atoms with Crippen LogP contribution in [0.15, 0.2) is 0 Å². The normalized spacial score (nSPS) is 46.5. The Morgan fingerprint density at radius 3 is 2.09 bits per heavy atom. The summed E-state index contributed by atoms with van der Waals surface area (Å²) < 4.78 is 33.7. The summed E-state index contributed by atoms with van der Waals surface area (Å²) in [6.45, 7) is 19.8. The lowest BCUT2D eigenvalue weighted by Gasteiger charge is -2.56. The van der Waals surface area contributed by atoms with Gasteiger partial charge in [0.25, 0.3) is 0 Å². The van der Waals surface area contributed by atoms with Gasteiger partial charge in [0.15, 0.2) is 11.6 Å². The summed E-state index contributed by atoms with van der Waals surface area (Å²) in [5, 5.41) is 44.1. The quantitative estimate of drug-likeness (QED) is 0.174. The molecule has 0 aliphatic carbocycles. The lowest BCUT2D eigenvalue weighted by molar-refractivity contribution is -0.442. The Hall–Kier alpha value is -1.18. The van der Waals surface area contributed by atoms with Gasteiger partial charge in [-0.2, -0.15) is 0 Å². The van der Waals surface area contributed by atoms with Crippen molar-refractivity contribution in [1.29, 1.82) is 0 Å². The summed E-state index contributed by atoms with van der Waals surface area (Å²) in [5.74, 6) is -5.29. The van der Waals surface area contributed by atoms with Crippen molar-refractivity contribution in [3.05, 3.63) is 0 Å². The number of ketones is 1. The Morgan fingerprint density at radius 1 is 0.811 bits per heavy atom. The molecule has 0 aromatic heterocycles. The molecule has 2 spiro atoms. The maximum Gasteiger partial charge on any atom is 0.309 e. The molecular formula is C42H72O11. The second-order valence-corrected chi connectivity index (χ2v) is 18.3. The molecule has 4 N–H and O–H groups in total. The third kappa shape index (κ3) is 8.03. The molecule has 5 aliphatic heterocycles. The monoisotopic (exact) mass is 753 g/mol. The molecule has 11 nitrogen and oxygen atoms in total. The van der Waals surface area contributed by atoms with E-state index in [4.69, 9.17) is 23.7 Å². The lowest BCUT2D eigenvalue weighted by Crippen LogP contribution is -2.65. The standard InChI is InChI=1S/C42H72O11/c1-11-29(38(46)47)31-15-14-23(4)36(50-31)27(8)34(44)26(7)35(45)30(12-2)37-24(5)22-25(6)41(51-37)19-16-32(43)42(53-41)21-20-39(10,52-42)33-17-18-40(48,13-3)28(9)49-33/h23-34,36-37,43-44,48H,11-22H2,1-10H3,(H,46,47)/t23-,24-,25+,26-,27-,28-,29+,30-,31+,32+,33+,34+,36+,37-,39-,40+,41-,42-/m0/s1. The van der Waals surface area contributed by atoms with E-state index in [1.807, 2.05) is 41.5 Å². The van der Waals surface area contributed by atoms with Gasteiger partial charge in [-0.05, 0) is 89.9 Å². The van der Waals surface area contributed by atoms with E-state index >= 15 is 0 Å². The first kappa shape index (κ1) is 43.0. The molecule has 0 unspecified atom stereocenters. The first-order valence-corrected chi connectivity index (χ1v) is 21.0. The van der Waals surface area contributed by atoms with Gasteiger partial charge in [0.2, 0.25) is 0 Å². The number of rotatable bonds is 12. The Kier molecular flexibility index (Phi) is 13.3. The number of aliphatic hydroxyl groups is 3. The maximum atomic E-state index is 14.5. The number of carboxylic acid groups (broad SMARTS) is 1. The second-order valence-electron chi connectivity index (χ2n) is 18.3. The Morgan fingerprint density at radius 2 is 1.49 bits per heavy atom. The van der Waals surface area contributed by atoms with Crippen molar-refractivity contribution >= 4 is 11.8 Å². The average Bonchev–Trinajstić information content (AvgIpc) is 3.47. The van der Waals surface area contributed by atoms with Gasteiger partial charge in [0, 0.05) is 36.5 Å². The van der Waals surface area contributed by atoms with Gasteiger partial charge in [-0.15, -0.1) is 0 Å². The van der Waals surface area contributed by atoms with E-state index in [-0.39, 0.29) is 47.8 Å². The number of aliphatic carboxylic acids is 1. The summed E-state index contributed by atoms with van der Waals surface area (Å²) in [5.41, 5.74) is -1.59. The van der Waals surface area contributed by atoms with Gasteiger partial charge in [-0.25, -0.2) is 0 Å². The number of carbonyl (C=O) groups is 2. The number of ether oxygens (including phenoxy) is 5. The number of aliphatic hydroxyl groups excluding tert-OH is 2. The van der Waals surface area contributed by atoms with E-state index in [0.29, 0.717) is 64.2 Å². The molecule has 5 rings (SSSR count). The van der Waals surface area contributed by atoms with E-state index in [1.54, 1.807) is 6.92 Å². The van der Waals surface area contributed by atoms with Crippen molar-refractivity contribution in [1.82, 2.24) is 0 Å². The zero-order chi connectivity index (χ0) is 39.3. The molecule has 5 heterocycles. The Labute approximate surface area is 318 Å². The summed E-state index contributed by atoms with van der Waals surface area (Å²) in [6, 6.07) is 0. The zero-order valence-electron chi connectivity index (χ0n) is 34.2. The minimum atomic E-state index is -1.28. The van der Waals surface area contributed by atoms with Crippen LogP contribution in [-0.4, -0.2) is 97.7 Å². The summed E-state index contributed by atoms with van der Waals surface area (Å²) in [6.07, 6.45) is 3.41. The van der Waals surface area contributed by atoms with Crippen molar-refractivity contribution in [2.75, 3.05) is 0 Å². The summed E-state index contributed by atoms with van der Waals surface area (Å²) >= 11 is 0. The van der Waals surface area contributed by atoms with Gasteiger partial charge < -0.3 is 44.1 Å². The number of carbonyl (C=O) groups excluding carboxylic acids is 1. The van der Waals surface area contributed by atoms with Crippen LogP contribution in [0.3, 0.4) is 0 Å². The van der Waals surface area contributed by atoms with Crippen LogP contribution >= 0.6 is 0 Å². The maximum absolute atomic E-state index is 14.5. The van der Waals surface area contributed by atoms with Crippen molar-refractivity contribution in [2.45, 2.75) is 212 Å². The molecule has 0 saturated carbocycles. The SMILES string of the molecule is CC[C@@H](C(=O)[C@@H](C)[C@@H](O)[C@H](C)[C@@H]1O[C@@H]([C@@H](CC)C(=O)O)CC[C@@H]1C)[C@H]1O[C@]2(CC[C@@H](O)[C@]3(CC[C@@](C)([C@H]4CC[C@](O)(CC)[C@H](C)O4)O3)O2)[C@H](C)C[C@@H]1C. The van der Waals surface area contributed by atoms with Gasteiger partial charge in [-0.1, -0.05) is 55.4 Å². The molecule has 0 aromatic rings. The molecule has 5 aliphatic rings. The van der Waals surface area contributed by atoms with Crippen LogP contribution in [0.4, 0.5) is 0 Å². The van der Waals surface area contributed by atoms with Crippen LogP contribution in [0, 0.1) is 41.4 Å². The fourth-order valence-electron chi connectivity index (χ4n) is 10.9. The third-order valence-electron chi connectivity index (χ3n) is 14.9. The minimum Gasteiger partial charge on any atom is -0.481 e. The van der Waals surface area contributed by atoms with Gasteiger partial charge >= 0.3 is 5.97 Å². The van der Waals surface area contributed by atoms with Crippen LogP contribution in [0.25, 0.3) is 0 Å². The first-order chi connectivity index (χ1) is 24.8. The average molecular weight is 753 g/mol. The molecule has 18 atom stereocenters. The molecule has 5 saturated heterocycles. The fraction of sp³-hybridized carbons (Fsp3) is 0.952. The smallest absolute Gasteiger partial charge is 0.309 e. The van der Waals surface area contributed by atoms with Crippen molar-refractivity contribution in [3.63, 3.8) is 0 Å². The number of hydrogen-bond acceptors (Lipinski definition) is 10. The topological polar surface area (TPSA) is 161 Å². The molecule has 5 fully saturated rings. The predicted octanol–water partition coefficient (Wildman–Crippen LogP) is 6.41. The molecule has 0 radical (unpaired) electrons. The van der Waals surface area contributed by atoms with Gasteiger partial charge in [0.05, 0.1) is 53.7 Å². The third-order valence-corrected chi connectivity index (χ3v) is 14.9. The first-order valence-electron chi connectivity index (χ1n) is 21.0. The van der Waals surface area contributed by atoms with Crippen LogP contribution in [0.2, 0.25) is 0 Å². The molecule has 53 heavy (non-hydrogen) atoms. The van der Waals surface area contributed by atoms with E-state index < -0.39 is 70.9 Å². The fourth-order valence-corrected chi connectivity index (χ4v) is 10.9. The van der Waals surface area contributed by atoms with Crippen LogP contribution in [0.1, 0.15) is 146 Å². The van der Waals surface area contributed by atoms with E-state index in [0.717, 1.165) is 12.8 Å². The molecule has 306 valence electrons. The Balaban J connectivity index is 1.30. The molecular weight excluding hydrogens is 680 g/mol. The number of hydrogen-bond donors (Lipinski definition) is 4. The number of Topliss-reactive ketones (excluding diaryl/α,β-unsaturated/α-hetero) is 1.